The van der Waals surface area contributed by atoms with Gasteiger partial charge in [-0.15, -0.1) is 0 Å². The Hall–Kier alpha value is -2.83. The van der Waals surface area contributed by atoms with Crippen molar-refractivity contribution in [1.29, 1.82) is 0 Å². The molecule has 0 unspecified atom stereocenters. The first-order valence-electron chi connectivity index (χ1n) is 7.08. The lowest BCUT2D eigenvalue weighted by Crippen LogP contribution is -2.30. The van der Waals surface area contributed by atoms with Crippen LogP contribution in [0.15, 0.2) is 48.5 Å². The summed E-state index contributed by atoms with van der Waals surface area (Å²) in [6.07, 6.45) is -4.95. The van der Waals surface area contributed by atoms with Crippen LogP contribution in [0.4, 0.5) is 18.9 Å². The first kappa shape index (κ1) is 17.5. The van der Waals surface area contributed by atoms with Crippen LogP contribution in [0.5, 0.6) is 0 Å². The third-order valence-corrected chi connectivity index (χ3v) is 3.21. The maximum absolute atomic E-state index is 12.2. The quantitative estimate of drug-likeness (QED) is 0.899. The molecule has 7 heteroatoms. The number of carbonyl (C=O) groups is 2. The number of halogens is 3. The lowest BCUT2D eigenvalue weighted by molar-refractivity contribution is -0.167. The summed E-state index contributed by atoms with van der Waals surface area (Å²) in [6, 6.07) is 12.8. The Kier molecular flexibility index (Phi) is 5.23. The van der Waals surface area contributed by atoms with E-state index in [2.05, 4.69) is 5.32 Å². The van der Waals surface area contributed by atoms with Gasteiger partial charge in [0, 0.05) is 17.8 Å². The standard InChI is InChI=1S/C17H15F3N2O2/c1-11-5-7-13(8-6-11)15(23)21-10-12-3-2-4-14(9-12)22-16(24)17(18,19)20/h2-9H,10H2,1H3,(H,21,23)(H,22,24). The molecule has 2 aromatic carbocycles. The molecule has 0 bridgehead atoms. The van der Waals surface area contributed by atoms with E-state index in [1.54, 1.807) is 23.5 Å². The van der Waals surface area contributed by atoms with Crippen molar-refractivity contribution < 1.29 is 22.8 Å². The summed E-state index contributed by atoms with van der Waals surface area (Å²) in [5, 5.41) is 4.44. The van der Waals surface area contributed by atoms with E-state index in [1.165, 1.54) is 18.2 Å². The van der Waals surface area contributed by atoms with Gasteiger partial charge in [-0.05, 0) is 36.8 Å². The van der Waals surface area contributed by atoms with Crippen LogP contribution in [0, 0.1) is 6.92 Å². The van der Waals surface area contributed by atoms with Crippen LogP contribution < -0.4 is 10.6 Å². The topological polar surface area (TPSA) is 58.2 Å². The number of amides is 2. The molecule has 0 aromatic heterocycles. The fraction of sp³-hybridized carbons (Fsp3) is 0.176. The predicted octanol–water partition coefficient (Wildman–Crippen LogP) is 3.43. The summed E-state index contributed by atoms with van der Waals surface area (Å²) in [5.41, 5.74) is 2.09. The summed E-state index contributed by atoms with van der Waals surface area (Å²) in [6.45, 7) is 2.03. The van der Waals surface area contributed by atoms with Crippen molar-refractivity contribution in [3.63, 3.8) is 0 Å². The minimum atomic E-state index is -4.95. The van der Waals surface area contributed by atoms with Gasteiger partial charge in [0.15, 0.2) is 0 Å². The van der Waals surface area contributed by atoms with Crippen LogP contribution in [0.2, 0.25) is 0 Å². The van der Waals surface area contributed by atoms with E-state index in [1.807, 2.05) is 19.1 Å². The van der Waals surface area contributed by atoms with Gasteiger partial charge in [-0.1, -0.05) is 29.8 Å². The van der Waals surface area contributed by atoms with Gasteiger partial charge in [0.1, 0.15) is 0 Å². The highest BCUT2D eigenvalue weighted by Gasteiger charge is 2.38. The molecule has 0 saturated carbocycles. The number of carbonyl (C=O) groups excluding carboxylic acids is 2. The number of anilines is 1. The molecule has 0 saturated heterocycles. The first-order chi connectivity index (χ1) is 11.3. The fourth-order valence-electron chi connectivity index (χ4n) is 1.95. The molecule has 126 valence electrons. The number of hydrogen-bond donors (Lipinski definition) is 2. The van der Waals surface area contributed by atoms with E-state index in [0.29, 0.717) is 11.1 Å². The Morgan fingerprint density at radius 2 is 1.71 bits per heavy atom. The van der Waals surface area contributed by atoms with Gasteiger partial charge in [0.2, 0.25) is 0 Å². The molecule has 0 fully saturated rings. The number of benzene rings is 2. The van der Waals surface area contributed by atoms with Crippen LogP contribution in [-0.4, -0.2) is 18.0 Å². The number of aryl methyl sites for hydroxylation is 1. The van der Waals surface area contributed by atoms with Gasteiger partial charge in [0.05, 0.1) is 0 Å². The summed E-state index contributed by atoms with van der Waals surface area (Å²) in [7, 11) is 0. The van der Waals surface area contributed by atoms with Crippen molar-refractivity contribution in [2.75, 3.05) is 5.32 Å². The van der Waals surface area contributed by atoms with Crippen molar-refractivity contribution in [2.45, 2.75) is 19.6 Å². The average Bonchev–Trinajstić information content (AvgIpc) is 2.53. The molecule has 0 radical (unpaired) electrons. The smallest absolute Gasteiger partial charge is 0.348 e. The second kappa shape index (κ2) is 7.16. The molecule has 0 spiro atoms. The van der Waals surface area contributed by atoms with Gasteiger partial charge in [0.25, 0.3) is 5.91 Å². The van der Waals surface area contributed by atoms with Crippen molar-refractivity contribution in [1.82, 2.24) is 5.32 Å². The van der Waals surface area contributed by atoms with Gasteiger partial charge in [-0.25, -0.2) is 0 Å². The van der Waals surface area contributed by atoms with Crippen molar-refractivity contribution in [3.05, 3.63) is 65.2 Å². The molecule has 0 atom stereocenters. The van der Waals surface area contributed by atoms with E-state index in [-0.39, 0.29) is 18.1 Å². The van der Waals surface area contributed by atoms with Crippen LogP contribution in [0.3, 0.4) is 0 Å². The van der Waals surface area contributed by atoms with Gasteiger partial charge in [-0.2, -0.15) is 13.2 Å². The predicted molar refractivity (Wildman–Crippen MR) is 83.5 cm³/mol. The Morgan fingerprint density at radius 3 is 2.33 bits per heavy atom. The molecule has 2 amide bonds. The Morgan fingerprint density at radius 1 is 1.04 bits per heavy atom. The molecule has 2 aromatic rings. The van der Waals surface area contributed by atoms with Crippen molar-refractivity contribution in [2.24, 2.45) is 0 Å². The van der Waals surface area contributed by atoms with E-state index in [0.717, 1.165) is 5.56 Å². The number of rotatable bonds is 4. The highest BCUT2D eigenvalue weighted by Crippen LogP contribution is 2.19. The van der Waals surface area contributed by atoms with Gasteiger partial charge in [-0.3, -0.25) is 9.59 Å². The number of nitrogens with one attached hydrogen (secondary N) is 2. The summed E-state index contributed by atoms with van der Waals surface area (Å²) < 4.78 is 36.7. The van der Waals surface area contributed by atoms with Crippen LogP contribution in [0.25, 0.3) is 0 Å². The monoisotopic (exact) mass is 336 g/mol. The molecule has 2 N–H and O–H groups in total. The lowest BCUT2D eigenvalue weighted by Gasteiger charge is -2.10. The fourth-order valence-corrected chi connectivity index (χ4v) is 1.95. The van der Waals surface area contributed by atoms with E-state index < -0.39 is 12.1 Å². The molecule has 0 heterocycles. The zero-order chi connectivity index (χ0) is 17.7. The van der Waals surface area contributed by atoms with E-state index in [4.69, 9.17) is 0 Å². The Labute approximate surface area is 136 Å². The largest absolute Gasteiger partial charge is 0.471 e. The molecule has 24 heavy (non-hydrogen) atoms. The lowest BCUT2D eigenvalue weighted by atomic mass is 10.1. The molecular weight excluding hydrogens is 321 g/mol. The third-order valence-electron chi connectivity index (χ3n) is 3.21. The summed E-state index contributed by atoms with van der Waals surface area (Å²) in [5.74, 6) is -2.33. The number of hydrogen-bond acceptors (Lipinski definition) is 2. The molecular formula is C17H15F3N2O2. The SMILES string of the molecule is Cc1ccc(C(=O)NCc2cccc(NC(=O)C(F)(F)F)c2)cc1. The summed E-state index contributed by atoms with van der Waals surface area (Å²) in [4.78, 5) is 22.9. The minimum absolute atomic E-state index is 0.0133. The van der Waals surface area contributed by atoms with E-state index >= 15 is 0 Å². The van der Waals surface area contributed by atoms with Crippen LogP contribution in [-0.2, 0) is 11.3 Å². The average molecular weight is 336 g/mol. The molecule has 0 aliphatic heterocycles. The van der Waals surface area contributed by atoms with Gasteiger partial charge < -0.3 is 10.6 Å². The second-order valence-electron chi connectivity index (χ2n) is 5.20. The van der Waals surface area contributed by atoms with Crippen molar-refractivity contribution in [3.8, 4) is 0 Å². The van der Waals surface area contributed by atoms with Gasteiger partial charge >= 0.3 is 12.1 Å². The Balaban J connectivity index is 1.98. The maximum atomic E-state index is 12.2. The van der Waals surface area contributed by atoms with E-state index in [9.17, 15) is 22.8 Å². The van der Waals surface area contributed by atoms with Crippen molar-refractivity contribution >= 4 is 17.5 Å². The molecule has 2 rings (SSSR count). The molecule has 0 aliphatic rings. The Bertz CT molecular complexity index is 740. The molecule has 4 nitrogen and oxygen atoms in total. The highest BCUT2D eigenvalue weighted by molar-refractivity contribution is 5.95. The zero-order valence-electron chi connectivity index (χ0n) is 12.8. The summed E-state index contributed by atoms with van der Waals surface area (Å²) >= 11 is 0. The maximum Gasteiger partial charge on any atom is 0.471 e. The van der Waals surface area contributed by atoms with Crippen LogP contribution in [0.1, 0.15) is 21.5 Å². The minimum Gasteiger partial charge on any atom is -0.348 e. The third kappa shape index (κ3) is 4.84. The van der Waals surface area contributed by atoms with Crippen LogP contribution >= 0.6 is 0 Å². The number of alkyl halides is 3. The zero-order valence-corrected chi connectivity index (χ0v) is 12.8. The first-order valence-corrected chi connectivity index (χ1v) is 7.08. The second-order valence-corrected chi connectivity index (χ2v) is 5.20. The highest BCUT2D eigenvalue weighted by atomic mass is 19.4. The normalized spacial score (nSPS) is 11.0. The molecule has 0 aliphatic carbocycles.